The van der Waals surface area contributed by atoms with Crippen LogP contribution in [0.5, 0.6) is 0 Å². The van der Waals surface area contributed by atoms with E-state index >= 15 is 0 Å². The summed E-state index contributed by atoms with van der Waals surface area (Å²) in [5.74, 6) is 1.74. The van der Waals surface area contributed by atoms with E-state index in [0.29, 0.717) is 16.1 Å². The van der Waals surface area contributed by atoms with Gasteiger partial charge in [-0.1, -0.05) is 23.2 Å². The van der Waals surface area contributed by atoms with Crippen molar-refractivity contribution in [2.24, 2.45) is 0 Å². The maximum atomic E-state index is 5.98. The molecule has 0 fully saturated rings. The van der Waals surface area contributed by atoms with Crippen molar-refractivity contribution in [3.63, 3.8) is 0 Å². The molecule has 1 aromatic carbocycles. The lowest BCUT2D eigenvalue weighted by Crippen LogP contribution is -2.23. The number of rotatable bonds is 4. The SMILES string of the molecule is CNC(C)Cc1ccc(-c2cc(Cl)cc(Cl)c2)o1. The fraction of sp³-hybridized carbons (Fsp3) is 0.286. The summed E-state index contributed by atoms with van der Waals surface area (Å²) in [6, 6.07) is 9.71. The van der Waals surface area contributed by atoms with E-state index in [4.69, 9.17) is 27.6 Å². The van der Waals surface area contributed by atoms with Crippen molar-refractivity contribution in [2.75, 3.05) is 7.05 Å². The Morgan fingerprint density at radius 2 is 1.83 bits per heavy atom. The van der Waals surface area contributed by atoms with Crippen LogP contribution in [0, 0.1) is 0 Å². The standard InChI is InChI=1S/C14H15Cl2NO/c1-9(17-2)5-13-3-4-14(18-13)10-6-11(15)8-12(16)7-10/h3-4,6-9,17H,5H2,1-2H3. The van der Waals surface area contributed by atoms with Gasteiger partial charge in [-0.3, -0.25) is 0 Å². The lowest BCUT2D eigenvalue weighted by Gasteiger charge is -2.06. The minimum atomic E-state index is 0.381. The maximum Gasteiger partial charge on any atom is 0.134 e. The number of halogens is 2. The summed E-state index contributed by atoms with van der Waals surface area (Å²) in [4.78, 5) is 0. The molecule has 1 unspecified atom stereocenters. The fourth-order valence-corrected chi connectivity index (χ4v) is 2.27. The van der Waals surface area contributed by atoms with Crippen molar-refractivity contribution in [2.45, 2.75) is 19.4 Å². The predicted octanol–water partition coefficient (Wildman–Crippen LogP) is 4.40. The molecule has 0 aliphatic carbocycles. The molecular formula is C14H15Cl2NO. The van der Waals surface area contributed by atoms with Crippen LogP contribution in [-0.2, 0) is 6.42 Å². The molecule has 18 heavy (non-hydrogen) atoms. The van der Waals surface area contributed by atoms with Gasteiger partial charge in [0.05, 0.1) is 0 Å². The molecule has 0 saturated carbocycles. The van der Waals surface area contributed by atoms with Crippen LogP contribution in [0.2, 0.25) is 10.0 Å². The van der Waals surface area contributed by atoms with Crippen molar-refractivity contribution in [3.05, 3.63) is 46.1 Å². The Bertz CT molecular complexity index is 516. The topological polar surface area (TPSA) is 25.2 Å². The summed E-state index contributed by atoms with van der Waals surface area (Å²) in [6.07, 6.45) is 0.852. The molecule has 2 rings (SSSR count). The van der Waals surface area contributed by atoms with Gasteiger partial charge in [0.25, 0.3) is 0 Å². The first kappa shape index (κ1) is 13.5. The average molecular weight is 284 g/mol. The smallest absolute Gasteiger partial charge is 0.134 e. The molecule has 2 aromatic rings. The van der Waals surface area contributed by atoms with Gasteiger partial charge < -0.3 is 9.73 Å². The Hall–Kier alpha value is -0.960. The van der Waals surface area contributed by atoms with Gasteiger partial charge >= 0.3 is 0 Å². The summed E-state index contributed by atoms with van der Waals surface area (Å²) in [5, 5.41) is 4.40. The van der Waals surface area contributed by atoms with Gasteiger partial charge in [0.2, 0.25) is 0 Å². The highest BCUT2D eigenvalue weighted by atomic mass is 35.5. The van der Waals surface area contributed by atoms with Crippen molar-refractivity contribution in [1.29, 1.82) is 0 Å². The molecule has 1 N–H and O–H groups in total. The van der Waals surface area contributed by atoms with E-state index in [0.717, 1.165) is 23.5 Å². The summed E-state index contributed by atoms with van der Waals surface area (Å²) in [7, 11) is 1.94. The number of nitrogens with one attached hydrogen (secondary N) is 1. The first-order valence-corrected chi connectivity index (χ1v) is 6.56. The van der Waals surface area contributed by atoms with Crippen LogP contribution < -0.4 is 5.32 Å². The minimum Gasteiger partial charge on any atom is -0.461 e. The van der Waals surface area contributed by atoms with Crippen molar-refractivity contribution in [1.82, 2.24) is 5.32 Å². The van der Waals surface area contributed by atoms with Crippen molar-refractivity contribution < 1.29 is 4.42 Å². The molecule has 0 bridgehead atoms. The second kappa shape index (κ2) is 5.79. The van der Waals surface area contributed by atoms with Gasteiger partial charge in [0.15, 0.2) is 0 Å². The Morgan fingerprint density at radius 1 is 1.17 bits per heavy atom. The highest BCUT2D eigenvalue weighted by Crippen LogP contribution is 2.28. The minimum absolute atomic E-state index is 0.381. The molecule has 0 amide bonds. The highest BCUT2D eigenvalue weighted by Gasteiger charge is 2.09. The maximum absolute atomic E-state index is 5.98. The number of furan rings is 1. The van der Waals surface area contributed by atoms with Gasteiger partial charge in [-0.2, -0.15) is 0 Å². The zero-order valence-corrected chi connectivity index (χ0v) is 11.8. The quantitative estimate of drug-likeness (QED) is 0.900. The number of likely N-dealkylation sites (N-methyl/N-ethyl adjacent to an activating group) is 1. The average Bonchev–Trinajstić information content (AvgIpc) is 2.76. The van der Waals surface area contributed by atoms with Gasteiger partial charge in [0.1, 0.15) is 11.5 Å². The normalized spacial score (nSPS) is 12.7. The van der Waals surface area contributed by atoms with Gasteiger partial charge in [-0.25, -0.2) is 0 Å². The first-order valence-electron chi connectivity index (χ1n) is 5.81. The Balaban J connectivity index is 2.23. The van der Waals surface area contributed by atoms with E-state index < -0.39 is 0 Å². The summed E-state index contributed by atoms with van der Waals surface area (Å²) in [5.41, 5.74) is 0.899. The van der Waals surface area contributed by atoms with E-state index in [1.807, 2.05) is 31.3 Å². The van der Waals surface area contributed by atoms with Gasteiger partial charge in [-0.05, 0) is 44.3 Å². The number of hydrogen-bond acceptors (Lipinski definition) is 2. The van der Waals surface area contributed by atoms with E-state index in [1.54, 1.807) is 6.07 Å². The van der Waals surface area contributed by atoms with Crippen LogP contribution in [0.4, 0.5) is 0 Å². The molecular weight excluding hydrogens is 269 g/mol. The molecule has 0 spiro atoms. The molecule has 2 nitrogen and oxygen atoms in total. The molecule has 0 aliphatic heterocycles. The van der Waals surface area contributed by atoms with Crippen LogP contribution in [0.25, 0.3) is 11.3 Å². The van der Waals surface area contributed by atoms with E-state index in [1.165, 1.54) is 0 Å². The summed E-state index contributed by atoms with van der Waals surface area (Å²) >= 11 is 12.0. The Labute approximate surface area is 117 Å². The predicted molar refractivity (Wildman–Crippen MR) is 76.4 cm³/mol. The van der Waals surface area contributed by atoms with Crippen LogP contribution in [-0.4, -0.2) is 13.1 Å². The first-order chi connectivity index (χ1) is 8.58. The molecule has 1 atom stereocenters. The third-order valence-electron chi connectivity index (χ3n) is 2.81. The van der Waals surface area contributed by atoms with Crippen LogP contribution in [0.15, 0.2) is 34.7 Å². The van der Waals surface area contributed by atoms with E-state index in [2.05, 4.69) is 12.2 Å². The summed E-state index contributed by atoms with van der Waals surface area (Å²) in [6.45, 7) is 2.11. The van der Waals surface area contributed by atoms with Crippen molar-refractivity contribution >= 4 is 23.2 Å². The number of benzene rings is 1. The molecule has 1 aromatic heterocycles. The third-order valence-corrected chi connectivity index (χ3v) is 3.25. The third kappa shape index (κ3) is 3.29. The zero-order chi connectivity index (χ0) is 13.1. The van der Waals surface area contributed by atoms with E-state index in [9.17, 15) is 0 Å². The van der Waals surface area contributed by atoms with Gasteiger partial charge in [0, 0.05) is 28.1 Å². The van der Waals surface area contributed by atoms with Crippen LogP contribution in [0.1, 0.15) is 12.7 Å². The second-order valence-corrected chi connectivity index (χ2v) is 5.19. The Kier molecular flexibility index (Phi) is 4.33. The van der Waals surface area contributed by atoms with Crippen LogP contribution in [0.3, 0.4) is 0 Å². The fourth-order valence-electron chi connectivity index (χ4n) is 1.74. The molecule has 1 heterocycles. The molecule has 4 heteroatoms. The lowest BCUT2D eigenvalue weighted by atomic mass is 10.2. The van der Waals surface area contributed by atoms with Crippen molar-refractivity contribution in [3.8, 4) is 11.3 Å². The lowest BCUT2D eigenvalue weighted by molar-refractivity contribution is 0.481. The zero-order valence-electron chi connectivity index (χ0n) is 10.3. The molecule has 96 valence electrons. The summed E-state index contributed by atoms with van der Waals surface area (Å²) < 4.78 is 5.79. The Morgan fingerprint density at radius 3 is 2.44 bits per heavy atom. The molecule has 0 aliphatic rings. The monoisotopic (exact) mass is 283 g/mol. The van der Waals surface area contributed by atoms with Gasteiger partial charge in [-0.15, -0.1) is 0 Å². The van der Waals surface area contributed by atoms with Crippen LogP contribution >= 0.6 is 23.2 Å². The molecule has 0 radical (unpaired) electrons. The molecule has 0 saturated heterocycles. The largest absolute Gasteiger partial charge is 0.461 e. The van der Waals surface area contributed by atoms with E-state index in [-0.39, 0.29) is 0 Å². The second-order valence-electron chi connectivity index (χ2n) is 4.32. The highest BCUT2D eigenvalue weighted by molar-refractivity contribution is 6.35. The number of hydrogen-bond donors (Lipinski definition) is 1.